The summed E-state index contributed by atoms with van der Waals surface area (Å²) in [7, 11) is 0. The predicted octanol–water partition coefficient (Wildman–Crippen LogP) is -0.571. The third-order valence-electron chi connectivity index (χ3n) is 2.40. The molecule has 0 aliphatic heterocycles. The van der Waals surface area contributed by atoms with Crippen LogP contribution in [0.2, 0.25) is 0 Å². The first-order valence-electron chi connectivity index (χ1n) is 4.71. The molecule has 0 spiro atoms. The third kappa shape index (κ3) is 2.01. The van der Waals surface area contributed by atoms with Crippen LogP contribution in [0.5, 0.6) is 0 Å². The molecule has 0 aliphatic carbocycles. The van der Waals surface area contributed by atoms with Crippen LogP contribution in [0, 0.1) is 17.0 Å². The summed E-state index contributed by atoms with van der Waals surface area (Å²) in [5.41, 5.74) is 1.23. The number of rotatable bonds is 2. The molecule has 0 atom stereocenters. The molecule has 0 radical (unpaired) electrons. The fraction of sp³-hybridized carbons (Fsp3) is 0.300. The van der Waals surface area contributed by atoms with E-state index in [-0.39, 0.29) is 23.0 Å². The zero-order valence-electron chi connectivity index (χ0n) is 8.94. The maximum absolute atomic E-state index is 10.6. The molecular formula is C10H11ClN2O2S. The van der Waals surface area contributed by atoms with Gasteiger partial charge >= 0.3 is 0 Å². The number of aryl methyl sites for hydroxylation is 2. The van der Waals surface area contributed by atoms with E-state index in [1.54, 1.807) is 23.5 Å². The first-order chi connectivity index (χ1) is 7.13. The Labute approximate surface area is 103 Å². The summed E-state index contributed by atoms with van der Waals surface area (Å²) in [5, 5.41) is 11.8. The van der Waals surface area contributed by atoms with E-state index in [4.69, 9.17) is 0 Å². The molecule has 2 aromatic rings. The molecule has 0 N–H and O–H groups in total. The van der Waals surface area contributed by atoms with Crippen molar-refractivity contribution in [1.29, 1.82) is 0 Å². The second kappa shape index (κ2) is 4.76. The molecular weight excluding hydrogens is 248 g/mol. The first-order valence-corrected chi connectivity index (χ1v) is 5.52. The van der Waals surface area contributed by atoms with Gasteiger partial charge < -0.3 is 12.4 Å². The van der Waals surface area contributed by atoms with Gasteiger partial charge in [-0.25, -0.2) is 0 Å². The summed E-state index contributed by atoms with van der Waals surface area (Å²) >= 11 is 1.59. The lowest BCUT2D eigenvalue weighted by molar-refractivity contribution is -0.669. The molecule has 1 aromatic heterocycles. The molecule has 0 saturated carbocycles. The SMILES string of the molecule is CC[n+]1c(C)sc2cc([N+](=O)[O-])ccc21.[Cl-]. The molecule has 6 heteroatoms. The van der Waals surface area contributed by atoms with E-state index in [1.165, 1.54) is 5.01 Å². The van der Waals surface area contributed by atoms with E-state index in [0.29, 0.717) is 0 Å². The van der Waals surface area contributed by atoms with Crippen LogP contribution in [-0.4, -0.2) is 4.92 Å². The van der Waals surface area contributed by atoms with Gasteiger partial charge in [0, 0.05) is 25.1 Å². The molecule has 1 aromatic carbocycles. The molecule has 1 heterocycles. The highest BCUT2D eigenvalue weighted by Crippen LogP contribution is 2.24. The van der Waals surface area contributed by atoms with Crippen molar-refractivity contribution in [3.8, 4) is 0 Å². The minimum Gasteiger partial charge on any atom is -1.00 e. The largest absolute Gasteiger partial charge is 1.00 e. The number of benzene rings is 1. The second-order valence-corrected chi connectivity index (χ2v) is 4.51. The molecule has 0 bridgehead atoms. The standard InChI is InChI=1S/C10H11N2O2S.ClH/c1-3-11-7(2)15-10-6-8(12(13)14)4-5-9(10)11;/h4-6H,3H2,1-2H3;1H/q+1;/p-1. The number of non-ortho nitro benzene ring substituents is 1. The van der Waals surface area contributed by atoms with Gasteiger partial charge in [0.15, 0.2) is 0 Å². The van der Waals surface area contributed by atoms with Crippen molar-refractivity contribution in [2.24, 2.45) is 0 Å². The quantitative estimate of drug-likeness (QED) is 0.412. The van der Waals surface area contributed by atoms with Crippen LogP contribution in [0.25, 0.3) is 10.2 Å². The van der Waals surface area contributed by atoms with Crippen molar-refractivity contribution in [3.05, 3.63) is 33.3 Å². The molecule has 4 nitrogen and oxygen atoms in total. The second-order valence-electron chi connectivity index (χ2n) is 3.27. The van der Waals surface area contributed by atoms with Crippen LogP contribution in [0.15, 0.2) is 18.2 Å². The highest BCUT2D eigenvalue weighted by atomic mass is 35.5. The Morgan fingerprint density at radius 2 is 2.19 bits per heavy atom. The van der Waals surface area contributed by atoms with Gasteiger partial charge in [0.25, 0.3) is 5.69 Å². The summed E-state index contributed by atoms with van der Waals surface area (Å²) < 4.78 is 3.13. The Kier molecular flexibility index (Phi) is 3.83. The van der Waals surface area contributed by atoms with E-state index in [1.807, 2.05) is 13.0 Å². The topological polar surface area (TPSA) is 47.0 Å². The normalized spacial score (nSPS) is 10.1. The number of hydrogen-bond acceptors (Lipinski definition) is 3. The van der Waals surface area contributed by atoms with Crippen LogP contribution in [0.3, 0.4) is 0 Å². The number of nitro groups is 1. The zero-order valence-corrected chi connectivity index (χ0v) is 10.5. The zero-order chi connectivity index (χ0) is 11.0. The van der Waals surface area contributed by atoms with Crippen LogP contribution in [0.4, 0.5) is 5.69 Å². The highest BCUT2D eigenvalue weighted by molar-refractivity contribution is 7.18. The summed E-state index contributed by atoms with van der Waals surface area (Å²) in [6, 6.07) is 5.01. The average molecular weight is 259 g/mol. The molecule has 2 rings (SSSR count). The number of aromatic nitrogens is 1. The van der Waals surface area contributed by atoms with Gasteiger partial charge in [-0.1, -0.05) is 11.3 Å². The Morgan fingerprint density at radius 1 is 1.50 bits per heavy atom. The summed E-state index contributed by atoms with van der Waals surface area (Å²) in [5.74, 6) is 0. The molecule has 0 saturated heterocycles. The van der Waals surface area contributed by atoms with Crippen LogP contribution >= 0.6 is 11.3 Å². The third-order valence-corrected chi connectivity index (χ3v) is 3.46. The van der Waals surface area contributed by atoms with E-state index >= 15 is 0 Å². The van der Waals surface area contributed by atoms with Crippen molar-refractivity contribution >= 4 is 27.2 Å². The van der Waals surface area contributed by atoms with Gasteiger partial charge in [-0.2, -0.15) is 4.57 Å². The molecule has 0 fully saturated rings. The van der Waals surface area contributed by atoms with Gasteiger partial charge in [0.1, 0.15) is 11.2 Å². The fourth-order valence-corrected chi connectivity index (χ4v) is 2.82. The fourth-order valence-electron chi connectivity index (χ4n) is 1.70. The Morgan fingerprint density at radius 3 is 2.75 bits per heavy atom. The lowest BCUT2D eigenvalue weighted by atomic mass is 10.3. The summed E-state index contributed by atoms with van der Waals surface area (Å²) in [4.78, 5) is 10.3. The maximum Gasteiger partial charge on any atom is 0.271 e. The van der Waals surface area contributed by atoms with Gasteiger partial charge in [0.05, 0.1) is 4.92 Å². The maximum atomic E-state index is 10.6. The smallest absolute Gasteiger partial charge is 0.271 e. The number of fused-ring (bicyclic) bond motifs is 1. The molecule has 0 unspecified atom stereocenters. The van der Waals surface area contributed by atoms with Crippen molar-refractivity contribution in [3.63, 3.8) is 0 Å². The summed E-state index contributed by atoms with van der Waals surface area (Å²) in [6.45, 7) is 4.99. The number of thiazole rings is 1. The van der Waals surface area contributed by atoms with Gasteiger partial charge in [-0.05, 0) is 6.92 Å². The van der Waals surface area contributed by atoms with Crippen LogP contribution in [-0.2, 0) is 6.54 Å². The van der Waals surface area contributed by atoms with Crippen molar-refractivity contribution in [1.82, 2.24) is 0 Å². The number of nitro benzene ring substituents is 1. The van der Waals surface area contributed by atoms with Crippen LogP contribution in [0.1, 0.15) is 11.9 Å². The predicted molar refractivity (Wildman–Crippen MR) is 59.1 cm³/mol. The minimum atomic E-state index is -0.356. The molecule has 0 amide bonds. The van der Waals surface area contributed by atoms with Gasteiger partial charge in [0.2, 0.25) is 10.5 Å². The lowest BCUT2D eigenvalue weighted by Gasteiger charge is -1.91. The van der Waals surface area contributed by atoms with E-state index in [2.05, 4.69) is 11.5 Å². The van der Waals surface area contributed by atoms with Gasteiger partial charge in [-0.3, -0.25) is 10.1 Å². The molecule has 0 aliphatic rings. The van der Waals surface area contributed by atoms with Crippen LogP contribution < -0.4 is 17.0 Å². The molecule has 16 heavy (non-hydrogen) atoms. The monoisotopic (exact) mass is 258 g/mol. The van der Waals surface area contributed by atoms with Crippen molar-refractivity contribution < 1.29 is 21.9 Å². The number of hydrogen-bond donors (Lipinski definition) is 0. The summed E-state index contributed by atoms with van der Waals surface area (Å²) in [6.07, 6.45) is 0. The Balaban J connectivity index is 0.00000128. The first kappa shape index (κ1) is 12.9. The average Bonchev–Trinajstić information content (AvgIpc) is 2.51. The van der Waals surface area contributed by atoms with Crippen molar-refractivity contribution in [2.75, 3.05) is 0 Å². The minimum absolute atomic E-state index is 0. The van der Waals surface area contributed by atoms with E-state index in [9.17, 15) is 10.1 Å². The lowest BCUT2D eigenvalue weighted by Crippen LogP contribution is -3.00. The van der Waals surface area contributed by atoms with E-state index in [0.717, 1.165) is 16.8 Å². The number of nitrogens with zero attached hydrogens (tertiary/aromatic N) is 2. The highest BCUT2D eigenvalue weighted by Gasteiger charge is 2.17. The van der Waals surface area contributed by atoms with Gasteiger partial charge in [-0.15, -0.1) is 0 Å². The van der Waals surface area contributed by atoms with E-state index < -0.39 is 0 Å². The number of halogens is 1. The van der Waals surface area contributed by atoms with Crippen molar-refractivity contribution in [2.45, 2.75) is 20.4 Å². The Bertz CT molecular complexity index is 539. The Hall–Kier alpha value is -1.20. The molecule has 86 valence electrons.